The molecule has 1 aromatic rings. The van der Waals surface area contributed by atoms with E-state index < -0.39 is 0 Å². The minimum absolute atomic E-state index is 0.583. The van der Waals surface area contributed by atoms with Crippen LogP contribution in [0.4, 0.5) is 0 Å². The van der Waals surface area contributed by atoms with Gasteiger partial charge in [0.25, 0.3) is 0 Å². The lowest BCUT2D eigenvalue weighted by Gasteiger charge is -2.18. The Kier molecular flexibility index (Phi) is 8.03. The highest BCUT2D eigenvalue weighted by molar-refractivity contribution is 9.10. The van der Waals surface area contributed by atoms with Crippen molar-refractivity contribution in [2.24, 2.45) is 0 Å². The second kappa shape index (κ2) is 9.35. The van der Waals surface area contributed by atoms with Gasteiger partial charge in [0.2, 0.25) is 0 Å². The SMILES string of the molecule is C=CCCCC(Cc1cccc(Br)c1)NCCC. The van der Waals surface area contributed by atoms with Gasteiger partial charge in [0, 0.05) is 10.5 Å². The highest BCUT2D eigenvalue weighted by Gasteiger charge is 2.08. The van der Waals surface area contributed by atoms with E-state index in [1.165, 1.54) is 29.3 Å². The normalized spacial score (nSPS) is 12.3. The molecule has 0 saturated carbocycles. The third kappa shape index (κ3) is 6.36. The molecule has 0 saturated heterocycles. The Hall–Kier alpha value is -0.600. The number of unbranched alkanes of at least 4 members (excludes halogenated alkanes) is 1. The molecule has 0 aromatic heterocycles. The molecule has 100 valence electrons. The molecule has 0 bridgehead atoms. The lowest BCUT2D eigenvalue weighted by Crippen LogP contribution is -2.31. The molecule has 0 radical (unpaired) electrons. The molecule has 18 heavy (non-hydrogen) atoms. The van der Waals surface area contributed by atoms with E-state index in [9.17, 15) is 0 Å². The smallest absolute Gasteiger partial charge is 0.0178 e. The Bertz CT molecular complexity index is 349. The average Bonchev–Trinajstić information content (AvgIpc) is 2.36. The monoisotopic (exact) mass is 309 g/mol. The third-order valence-corrected chi connectivity index (χ3v) is 3.51. The fourth-order valence-corrected chi connectivity index (χ4v) is 2.53. The first-order valence-corrected chi connectivity index (χ1v) is 7.64. The lowest BCUT2D eigenvalue weighted by atomic mass is 10.0. The maximum atomic E-state index is 3.79. The molecule has 1 unspecified atom stereocenters. The third-order valence-electron chi connectivity index (χ3n) is 3.01. The summed E-state index contributed by atoms with van der Waals surface area (Å²) in [6.07, 6.45) is 7.86. The summed E-state index contributed by atoms with van der Waals surface area (Å²) < 4.78 is 1.17. The molecular weight excluding hydrogens is 286 g/mol. The van der Waals surface area contributed by atoms with Crippen molar-refractivity contribution in [3.05, 3.63) is 47.0 Å². The van der Waals surface area contributed by atoms with E-state index in [1.807, 2.05) is 6.08 Å². The van der Waals surface area contributed by atoms with Crippen molar-refractivity contribution in [1.29, 1.82) is 0 Å². The first-order chi connectivity index (χ1) is 8.76. The van der Waals surface area contributed by atoms with Gasteiger partial charge in [-0.05, 0) is 56.3 Å². The molecule has 0 heterocycles. The summed E-state index contributed by atoms with van der Waals surface area (Å²) in [6.45, 7) is 7.11. The fraction of sp³-hybridized carbons (Fsp3) is 0.500. The summed E-state index contributed by atoms with van der Waals surface area (Å²) in [5.41, 5.74) is 1.40. The summed E-state index contributed by atoms with van der Waals surface area (Å²) in [5.74, 6) is 0. The van der Waals surface area contributed by atoms with Crippen molar-refractivity contribution in [3.8, 4) is 0 Å². The molecule has 1 aromatic carbocycles. The molecule has 0 spiro atoms. The number of hydrogen-bond acceptors (Lipinski definition) is 1. The number of nitrogens with one attached hydrogen (secondary N) is 1. The Morgan fingerprint density at radius 3 is 2.94 bits per heavy atom. The average molecular weight is 310 g/mol. The molecule has 2 heteroatoms. The van der Waals surface area contributed by atoms with Crippen LogP contribution in [0.15, 0.2) is 41.4 Å². The second-order valence-electron chi connectivity index (χ2n) is 4.70. The van der Waals surface area contributed by atoms with Crippen LogP contribution in [0, 0.1) is 0 Å². The zero-order valence-electron chi connectivity index (χ0n) is 11.3. The molecule has 1 N–H and O–H groups in total. The van der Waals surface area contributed by atoms with Crippen LogP contribution in [-0.4, -0.2) is 12.6 Å². The molecule has 1 atom stereocenters. The Morgan fingerprint density at radius 2 is 2.28 bits per heavy atom. The van der Waals surface area contributed by atoms with Crippen LogP contribution in [-0.2, 0) is 6.42 Å². The van der Waals surface area contributed by atoms with Crippen molar-refractivity contribution in [3.63, 3.8) is 0 Å². The zero-order valence-corrected chi connectivity index (χ0v) is 12.9. The fourth-order valence-electron chi connectivity index (χ4n) is 2.08. The number of hydrogen-bond donors (Lipinski definition) is 1. The van der Waals surface area contributed by atoms with Crippen LogP contribution < -0.4 is 5.32 Å². The number of benzene rings is 1. The largest absolute Gasteiger partial charge is 0.314 e. The van der Waals surface area contributed by atoms with E-state index in [2.05, 4.69) is 59.0 Å². The lowest BCUT2D eigenvalue weighted by molar-refractivity contribution is 0.466. The Labute approximate surface area is 120 Å². The van der Waals surface area contributed by atoms with Crippen LogP contribution >= 0.6 is 15.9 Å². The van der Waals surface area contributed by atoms with Gasteiger partial charge in [-0.25, -0.2) is 0 Å². The van der Waals surface area contributed by atoms with Crippen molar-refractivity contribution in [2.45, 2.75) is 45.1 Å². The highest BCUT2D eigenvalue weighted by Crippen LogP contribution is 2.15. The van der Waals surface area contributed by atoms with Crippen LogP contribution in [0.1, 0.15) is 38.2 Å². The minimum Gasteiger partial charge on any atom is -0.314 e. The number of halogens is 1. The van der Waals surface area contributed by atoms with Gasteiger partial charge in [-0.2, -0.15) is 0 Å². The predicted molar refractivity (Wildman–Crippen MR) is 84.0 cm³/mol. The van der Waals surface area contributed by atoms with E-state index in [1.54, 1.807) is 0 Å². The predicted octanol–water partition coefficient (Wildman–Crippen LogP) is 4.72. The van der Waals surface area contributed by atoms with Crippen LogP contribution in [0.5, 0.6) is 0 Å². The van der Waals surface area contributed by atoms with E-state index in [0.29, 0.717) is 6.04 Å². The molecular formula is C16H24BrN. The number of rotatable bonds is 9. The second-order valence-corrected chi connectivity index (χ2v) is 5.62. The van der Waals surface area contributed by atoms with Gasteiger partial charge >= 0.3 is 0 Å². The standard InChI is InChI=1S/C16H24BrN/c1-3-5-6-10-16(18-11-4-2)13-14-8-7-9-15(17)12-14/h3,7-9,12,16,18H,1,4-6,10-11,13H2,2H3. The summed E-state index contributed by atoms with van der Waals surface area (Å²) in [6, 6.07) is 9.20. The maximum absolute atomic E-state index is 3.79. The zero-order chi connectivity index (χ0) is 13.2. The summed E-state index contributed by atoms with van der Waals surface area (Å²) in [4.78, 5) is 0. The molecule has 0 aliphatic heterocycles. The van der Waals surface area contributed by atoms with Crippen molar-refractivity contribution in [1.82, 2.24) is 5.32 Å². The van der Waals surface area contributed by atoms with Crippen molar-refractivity contribution in [2.75, 3.05) is 6.54 Å². The van der Waals surface area contributed by atoms with Crippen LogP contribution in [0.25, 0.3) is 0 Å². The molecule has 0 amide bonds. The Balaban J connectivity index is 2.50. The quantitative estimate of drug-likeness (QED) is 0.514. The first-order valence-electron chi connectivity index (χ1n) is 6.85. The van der Waals surface area contributed by atoms with Gasteiger partial charge in [0.15, 0.2) is 0 Å². The van der Waals surface area contributed by atoms with E-state index >= 15 is 0 Å². The van der Waals surface area contributed by atoms with Gasteiger partial charge in [-0.15, -0.1) is 6.58 Å². The summed E-state index contributed by atoms with van der Waals surface area (Å²) in [5, 5.41) is 3.65. The maximum Gasteiger partial charge on any atom is 0.0178 e. The molecule has 1 rings (SSSR count). The first kappa shape index (κ1) is 15.5. The minimum atomic E-state index is 0.583. The van der Waals surface area contributed by atoms with Gasteiger partial charge in [0.05, 0.1) is 0 Å². The Morgan fingerprint density at radius 1 is 1.44 bits per heavy atom. The summed E-state index contributed by atoms with van der Waals surface area (Å²) >= 11 is 3.53. The van der Waals surface area contributed by atoms with Gasteiger partial charge in [-0.3, -0.25) is 0 Å². The van der Waals surface area contributed by atoms with Crippen molar-refractivity contribution >= 4 is 15.9 Å². The van der Waals surface area contributed by atoms with Gasteiger partial charge < -0.3 is 5.32 Å². The number of allylic oxidation sites excluding steroid dienone is 1. The van der Waals surface area contributed by atoms with E-state index in [-0.39, 0.29) is 0 Å². The van der Waals surface area contributed by atoms with Gasteiger partial charge in [-0.1, -0.05) is 41.1 Å². The highest BCUT2D eigenvalue weighted by atomic mass is 79.9. The molecule has 0 aliphatic carbocycles. The topological polar surface area (TPSA) is 12.0 Å². The van der Waals surface area contributed by atoms with Crippen molar-refractivity contribution < 1.29 is 0 Å². The molecule has 0 aliphatic rings. The molecule has 1 nitrogen and oxygen atoms in total. The van der Waals surface area contributed by atoms with E-state index in [0.717, 1.165) is 19.4 Å². The van der Waals surface area contributed by atoms with Crippen LogP contribution in [0.3, 0.4) is 0 Å². The summed E-state index contributed by atoms with van der Waals surface area (Å²) in [7, 11) is 0. The van der Waals surface area contributed by atoms with Crippen LogP contribution in [0.2, 0.25) is 0 Å². The molecule has 0 fully saturated rings. The van der Waals surface area contributed by atoms with Gasteiger partial charge in [0.1, 0.15) is 0 Å². The van der Waals surface area contributed by atoms with E-state index in [4.69, 9.17) is 0 Å².